The van der Waals surface area contributed by atoms with Crippen molar-refractivity contribution in [3.63, 3.8) is 0 Å². The van der Waals surface area contributed by atoms with Gasteiger partial charge in [-0.05, 0) is 18.4 Å². The van der Waals surface area contributed by atoms with Gasteiger partial charge in [0, 0.05) is 19.1 Å². The Bertz CT molecular complexity index is 312. The molecule has 0 aliphatic carbocycles. The molecule has 0 radical (unpaired) electrons. The van der Waals surface area contributed by atoms with Crippen LogP contribution in [0.15, 0.2) is 30.3 Å². The van der Waals surface area contributed by atoms with E-state index in [4.69, 9.17) is 0 Å². The van der Waals surface area contributed by atoms with E-state index in [9.17, 15) is 5.11 Å². The minimum Gasteiger partial charge on any atom is -0.391 e. The second-order valence-electron chi connectivity index (χ2n) is 4.58. The van der Waals surface area contributed by atoms with Crippen molar-refractivity contribution in [3.8, 4) is 0 Å². The Morgan fingerprint density at radius 3 is 2.47 bits per heavy atom. The highest BCUT2D eigenvalue weighted by Crippen LogP contribution is 2.25. The second kappa shape index (κ2) is 4.33. The lowest BCUT2D eigenvalue weighted by molar-refractivity contribution is 0.146. The standard InChI is InChI=1S/C13H19NO/c1-10-11(2)14(9-13(10)15)8-12-6-4-3-5-7-12/h3-7,10-11,13,15H,8-9H2,1-2H3. The van der Waals surface area contributed by atoms with E-state index < -0.39 is 0 Å². The third-order valence-electron chi connectivity index (χ3n) is 3.59. The molecule has 2 heteroatoms. The minimum absolute atomic E-state index is 0.163. The summed E-state index contributed by atoms with van der Waals surface area (Å²) in [7, 11) is 0. The molecule has 2 rings (SSSR count). The summed E-state index contributed by atoms with van der Waals surface area (Å²) in [5.74, 6) is 0.383. The van der Waals surface area contributed by atoms with E-state index in [-0.39, 0.29) is 6.10 Å². The number of likely N-dealkylation sites (tertiary alicyclic amines) is 1. The van der Waals surface area contributed by atoms with Crippen molar-refractivity contribution in [3.05, 3.63) is 35.9 Å². The van der Waals surface area contributed by atoms with Gasteiger partial charge in [-0.15, -0.1) is 0 Å². The molecule has 1 N–H and O–H groups in total. The molecule has 2 nitrogen and oxygen atoms in total. The highest BCUT2D eigenvalue weighted by molar-refractivity contribution is 5.15. The van der Waals surface area contributed by atoms with Crippen molar-refractivity contribution < 1.29 is 5.11 Å². The van der Waals surface area contributed by atoms with E-state index in [0.717, 1.165) is 13.1 Å². The number of aliphatic hydroxyl groups is 1. The summed E-state index contributed by atoms with van der Waals surface area (Å²) in [6.45, 7) is 6.07. The molecule has 1 saturated heterocycles. The van der Waals surface area contributed by atoms with Crippen LogP contribution in [0.3, 0.4) is 0 Å². The van der Waals surface area contributed by atoms with Gasteiger partial charge < -0.3 is 5.11 Å². The molecular formula is C13H19NO. The summed E-state index contributed by atoms with van der Waals surface area (Å²) in [5, 5.41) is 9.77. The van der Waals surface area contributed by atoms with Gasteiger partial charge in [0.25, 0.3) is 0 Å². The van der Waals surface area contributed by atoms with Crippen LogP contribution in [-0.2, 0) is 6.54 Å². The molecule has 0 spiro atoms. The van der Waals surface area contributed by atoms with Crippen LogP contribution < -0.4 is 0 Å². The highest BCUT2D eigenvalue weighted by atomic mass is 16.3. The molecule has 1 heterocycles. The van der Waals surface area contributed by atoms with Crippen LogP contribution in [0, 0.1) is 5.92 Å². The van der Waals surface area contributed by atoms with Gasteiger partial charge in [-0.2, -0.15) is 0 Å². The Morgan fingerprint density at radius 1 is 1.27 bits per heavy atom. The average molecular weight is 205 g/mol. The van der Waals surface area contributed by atoms with E-state index in [1.165, 1.54) is 5.56 Å². The fraction of sp³-hybridized carbons (Fsp3) is 0.538. The van der Waals surface area contributed by atoms with Crippen LogP contribution in [0.1, 0.15) is 19.4 Å². The van der Waals surface area contributed by atoms with E-state index >= 15 is 0 Å². The predicted octanol–water partition coefficient (Wildman–Crippen LogP) is 1.89. The van der Waals surface area contributed by atoms with Crippen molar-refractivity contribution in [2.45, 2.75) is 32.5 Å². The molecular weight excluding hydrogens is 186 g/mol. The predicted molar refractivity (Wildman–Crippen MR) is 61.5 cm³/mol. The van der Waals surface area contributed by atoms with Crippen LogP contribution in [0.5, 0.6) is 0 Å². The monoisotopic (exact) mass is 205 g/mol. The number of hydrogen-bond acceptors (Lipinski definition) is 2. The third-order valence-corrected chi connectivity index (χ3v) is 3.59. The van der Waals surface area contributed by atoms with E-state index in [1.54, 1.807) is 0 Å². The van der Waals surface area contributed by atoms with Gasteiger partial charge in [0.05, 0.1) is 6.10 Å². The van der Waals surface area contributed by atoms with Gasteiger partial charge >= 0.3 is 0 Å². The topological polar surface area (TPSA) is 23.5 Å². The zero-order valence-electron chi connectivity index (χ0n) is 9.43. The molecule has 1 aromatic carbocycles. The summed E-state index contributed by atoms with van der Waals surface area (Å²) in [5.41, 5.74) is 1.32. The summed E-state index contributed by atoms with van der Waals surface area (Å²) in [4.78, 5) is 2.35. The fourth-order valence-corrected chi connectivity index (χ4v) is 2.25. The largest absolute Gasteiger partial charge is 0.391 e. The van der Waals surface area contributed by atoms with Gasteiger partial charge in [-0.25, -0.2) is 0 Å². The third kappa shape index (κ3) is 2.21. The number of aliphatic hydroxyl groups excluding tert-OH is 1. The first-order valence-electron chi connectivity index (χ1n) is 5.64. The lowest BCUT2D eigenvalue weighted by atomic mass is 10.0. The first-order chi connectivity index (χ1) is 7.18. The highest BCUT2D eigenvalue weighted by Gasteiger charge is 2.34. The molecule has 1 fully saturated rings. The van der Waals surface area contributed by atoms with Crippen LogP contribution in [-0.4, -0.2) is 28.7 Å². The maximum Gasteiger partial charge on any atom is 0.0707 e. The molecule has 1 aromatic rings. The Morgan fingerprint density at radius 2 is 1.93 bits per heavy atom. The van der Waals surface area contributed by atoms with Gasteiger partial charge in [-0.1, -0.05) is 37.3 Å². The molecule has 82 valence electrons. The quantitative estimate of drug-likeness (QED) is 0.797. The van der Waals surface area contributed by atoms with Crippen LogP contribution in [0.2, 0.25) is 0 Å². The smallest absolute Gasteiger partial charge is 0.0707 e. The lowest BCUT2D eigenvalue weighted by Gasteiger charge is -2.22. The molecule has 1 aliphatic rings. The van der Waals surface area contributed by atoms with E-state index in [0.29, 0.717) is 12.0 Å². The summed E-state index contributed by atoms with van der Waals surface area (Å²) < 4.78 is 0. The lowest BCUT2D eigenvalue weighted by Crippen LogP contribution is -2.28. The van der Waals surface area contributed by atoms with Crippen molar-refractivity contribution in [1.29, 1.82) is 0 Å². The molecule has 3 atom stereocenters. The molecule has 1 aliphatic heterocycles. The first-order valence-corrected chi connectivity index (χ1v) is 5.64. The average Bonchev–Trinajstić information content (AvgIpc) is 2.48. The van der Waals surface area contributed by atoms with Crippen molar-refractivity contribution in [1.82, 2.24) is 4.90 Å². The van der Waals surface area contributed by atoms with Crippen LogP contribution >= 0.6 is 0 Å². The summed E-state index contributed by atoms with van der Waals surface area (Å²) >= 11 is 0. The van der Waals surface area contributed by atoms with Crippen molar-refractivity contribution in [2.75, 3.05) is 6.54 Å². The Kier molecular flexibility index (Phi) is 3.08. The Balaban J connectivity index is 2.02. The second-order valence-corrected chi connectivity index (χ2v) is 4.58. The maximum atomic E-state index is 9.77. The van der Waals surface area contributed by atoms with Crippen LogP contribution in [0.4, 0.5) is 0 Å². The molecule has 0 amide bonds. The minimum atomic E-state index is -0.163. The number of hydrogen-bond donors (Lipinski definition) is 1. The Labute approximate surface area is 91.5 Å². The summed E-state index contributed by atoms with van der Waals surface area (Å²) in [6, 6.07) is 10.9. The molecule has 3 unspecified atom stereocenters. The van der Waals surface area contributed by atoms with Crippen LogP contribution in [0.25, 0.3) is 0 Å². The molecule has 15 heavy (non-hydrogen) atoms. The van der Waals surface area contributed by atoms with Gasteiger partial charge in [-0.3, -0.25) is 4.90 Å². The molecule has 0 bridgehead atoms. The van der Waals surface area contributed by atoms with Crippen molar-refractivity contribution in [2.24, 2.45) is 5.92 Å². The SMILES string of the molecule is CC1C(O)CN(Cc2ccccc2)C1C. The zero-order chi connectivity index (χ0) is 10.8. The van der Waals surface area contributed by atoms with Gasteiger partial charge in [0.1, 0.15) is 0 Å². The van der Waals surface area contributed by atoms with E-state index in [1.807, 2.05) is 6.07 Å². The zero-order valence-corrected chi connectivity index (χ0v) is 9.43. The normalized spacial score (nSPS) is 32.1. The van der Waals surface area contributed by atoms with Gasteiger partial charge in [0.2, 0.25) is 0 Å². The maximum absolute atomic E-state index is 9.77. The molecule has 0 saturated carbocycles. The number of benzene rings is 1. The fourth-order valence-electron chi connectivity index (χ4n) is 2.25. The molecule has 0 aromatic heterocycles. The number of nitrogens with zero attached hydrogens (tertiary/aromatic N) is 1. The van der Waals surface area contributed by atoms with Crippen molar-refractivity contribution >= 4 is 0 Å². The van der Waals surface area contributed by atoms with Gasteiger partial charge in [0.15, 0.2) is 0 Å². The first kappa shape index (κ1) is 10.7. The van der Waals surface area contributed by atoms with E-state index in [2.05, 4.69) is 43.0 Å². The number of β-amino-alcohol motifs (C(OH)–C–C–N with tert-alkyl or cyclic N) is 1. The Hall–Kier alpha value is -0.860. The number of rotatable bonds is 2. The summed E-state index contributed by atoms with van der Waals surface area (Å²) in [6.07, 6.45) is -0.163.